The highest BCUT2D eigenvalue weighted by molar-refractivity contribution is 5.47. The van der Waals surface area contributed by atoms with E-state index in [9.17, 15) is 0 Å². The van der Waals surface area contributed by atoms with E-state index in [1.165, 1.54) is 16.8 Å². The maximum absolute atomic E-state index is 4.01. The lowest BCUT2D eigenvalue weighted by Gasteiger charge is -2.21. The predicted octanol–water partition coefficient (Wildman–Crippen LogP) is 4.15. The lowest BCUT2D eigenvalue weighted by molar-refractivity contribution is 0.499. The van der Waals surface area contributed by atoms with Gasteiger partial charge in [0, 0.05) is 25.8 Å². The second kappa shape index (κ2) is 8.00. The first kappa shape index (κ1) is 15.8. The molecule has 0 radical (unpaired) electrons. The van der Waals surface area contributed by atoms with Crippen LogP contribution in [0.15, 0.2) is 36.4 Å². The standard InChI is InChI=1S/C17H28N2/c1-6-12-18-17(11-10-14(2)3)15-8-7-9-16(13-15)19(4)5/h7-9,13,17-18H,2,6,10-12H2,1,3-5H3. The zero-order chi connectivity index (χ0) is 14.3. The van der Waals surface area contributed by atoms with E-state index in [-0.39, 0.29) is 0 Å². The molecule has 0 fully saturated rings. The van der Waals surface area contributed by atoms with E-state index in [1.807, 2.05) is 0 Å². The lowest BCUT2D eigenvalue weighted by atomic mass is 9.99. The quantitative estimate of drug-likeness (QED) is 0.706. The van der Waals surface area contributed by atoms with Crippen molar-refractivity contribution in [2.24, 2.45) is 0 Å². The summed E-state index contributed by atoms with van der Waals surface area (Å²) in [5, 5.41) is 3.65. The molecule has 1 atom stereocenters. The normalized spacial score (nSPS) is 12.2. The molecule has 2 nitrogen and oxygen atoms in total. The maximum Gasteiger partial charge on any atom is 0.0364 e. The first-order chi connectivity index (χ1) is 9.04. The van der Waals surface area contributed by atoms with Crippen LogP contribution in [0.3, 0.4) is 0 Å². The van der Waals surface area contributed by atoms with Crippen molar-refractivity contribution in [2.75, 3.05) is 25.5 Å². The Labute approximate surface area is 118 Å². The molecular weight excluding hydrogens is 232 g/mol. The largest absolute Gasteiger partial charge is 0.378 e. The van der Waals surface area contributed by atoms with Gasteiger partial charge in [0.05, 0.1) is 0 Å². The van der Waals surface area contributed by atoms with E-state index >= 15 is 0 Å². The Morgan fingerprint density at radius 1 is 1.37 bits per heavy atom. The molecule has 0 saturated heterocycles. The van der Waals surface area contributed by atoms with E-state index < -0.39 is 0 Å². The van der Waals surface area contributed by atoms with E-state index in [0.29, 0.717) is 6.04 Å². The fraction of sp³-hybridized carbons (Fsp3) is 0.529. The van der Waals surface area contributed by atoms with Crippen LogP contribution in [-0.4, -0.2) is 20.6 Å². The fourth-order valence-corrected chi connectivity index (χ4v) is 2.12. The van der Waals surface area contributed by atoms with Gasteiger partial charge < -0.3 is 10.2 Å². The highest BCUT2D eigenvalue weighted by Crippen LogP contribution is 2.24. The van der Waals surface area contributed by atoms with E-state index in [1.54, 1.807) is 0 Å². The smallest absolute Gasteiger partial charge is 0.0364 e. The molecule has 106 valence electrons. The van der Waals surface area contributed by atoms with Crippen LogP contribution in [0.4, 0.5) is 5.69 Å². The zero-order valence-electron chi connectivity index (χ0n) is 12.9. The average Bonchev–Trinajstić information content (AvgIpc) is 2.38. The molecular formula is C17H28N2. The van der Waals surface area contributed by atoms with Gasteiger partial charge in [0.1, 0.15) is 0 Å². The maximum atomic E-state index is 4.01. The van der Waals surface area contributed by atoms with Crippen molar-refractivity contribution in [1.82, 2.24) is 5.32 Å². The molecule has 0 bridgehead atoms. The molecule has 1 unspecified atom stereocenters. The number of nitrogens with one attached hydrogen (secondary N) is 1. The van der Waals surface area contributed by atoms with Crippen LogP contribution in [-0.2, 0) is 0 Å². The van der Waals surface area contributed by atoms with Crippen LogP contribution in [0.1, 0.15) is 44.7 Å². The highest BCUT2D eigenvalue weighted by atomic mass is 15.1. The van der Waals surface area contributed by atoms with Crippen LogP contribution in [0.5, 0.6) is 0 Å². The summed E-state index contributed by atoms with van der Waals surface area (Å²) in [6.45, 7) is 9.39. The molecule has 0 spiro atoms. The fourth-order valence-electron chi connectivity index (χ4n) is 2.12. The molecule has 2 heteroatoms. The molecule has 1 rings (SSSR count). The van der Waals surface area contributed by atoms with Crippen LogP contribution in [0, 0.1) is 0 Å². The molecule has 0 aliphatic heterocycles. The zero-order valence-corrected chi connectivity index (χ0v) is 12.9. The van der Waals surface area contributed by atoms with Crippen molar-refractivity contribution in [3.05, 3.63) is 42.0 Å². The molecule has 1 N–H and O–H groups in total. The van der Waals surface area contributed by atoms with Crippen LogP contribution < -0.4 is 10.2 Å². The summed E-state index contributed by atoms with van der Waals surface area (Å²) in [5.74, 6) is 0. The van der Waals surface area contributed by atoms with Gasteiger partial charge in [0.15, 0.2) is 0 Å². The second-order valence-corrected chi connectivity index (χ2v) is 5.49. The van der Waals surface area contributed by atoms with Gasteiger partial charge in [-0.2, -0.15) is 0 Å². The molecule has 0 aliphatic carbocycles. The Bertz CT molecular complexity index is 396. The Balaban J connectivity index is 2.82. The molecule has 19 heavy (non-hydrogen) atoms. The summed E-state index contributed by atoms with van der Waals surface area (Å²) >= 11 is 0. The number of nitrogens with zero attached hydrogens (tertiary/aromatic N) is 1. The second-order valence-electron chi connectivity index (χ2n) is 5.49. The Morgan fingerprint density at radius 3 is 2.68 bits per heavy atom. The summed E-state index contributed by atoms with van der Waals surface area (Å²) in [6.07, 6.45) is 3.36. The number of anilines is 1. The Morgan fingerprint density at radius 2 is 2.11 bits per heavy atom. The molecule has 0 saturated carbocycles. The first-order valence-corrected chi connectivity index (χ1v) is 7.19. The monoisotopic (exact) mass is 260 g/mol. The Kier molecular flexibility index (Phi) is 6.65. The van der Waals surface area contributed by atoms with Crippen molar-refractivity contribution in [3.63, 3.8) is 0 Å². The molecule has 0 aliphatic rings. The van der Waals surface area contributed by atoms with Gasteiger partial charge in [-0.05, 0) is 50.4 Å². The van der Waals surface area contributed by atoms with Gasteiger partial charge in [-0.1, -0.05) is 24.6 Å². The van der Waals surface area contributed by atoms with E-state index in [2.05, 4.69) is 69.0 Å². The summed E-state index contributed by atoms with van der Waals surface area (Å²) in [5.41, 5.74) is 3.89. The van der Waals surface area contributed by atoms with Crippen molar-refractivity contribution < 1.29 is 0 Å². The van der Waals surface area contributed by atoms with Crippen molar-refractivity contribution in [3.8, 4) is 0 Å². The van der Waals surface area contributed by atoms with Crippen LogP contribution in [0.2, 0.25) is 0 Å². The molecule has 1 aromatic rings. The van der Waals surface area contributed by atoms with Gasteiger partial charge in [-0.3, -0.25) is 0 Å². The van der Waals surface area contributed by atoms with Gasteiger partial charge in [-0.25, -0.2) is 0 Å². The lowest BCUT2D eigenvalue weighted by Crippen LogP contribution is -2.22. The number of allylic oxidation sites excluding steroid dienone is 1. The third-order valence-electron chi connectivity index (χ3n) is 3.29. The highest BCUT2D eigenvalue weighted by Gasteiger charge is 2.11. The number of rotatable bonds is 8. The van der Waals surface area contributed by atoms with Gasteiger partial charge >= 0.3 is 0 Å². The van der Waals surface area contributed by atoms with Gasteiger partial charge in [0.25, 0.3) is 0 Å². The predicted molar refractivity (Wildman–Crippen MR) is 85.9 cm³/mol. The van der Waals surface area contributed by atoms with Gasteiger partial charge in [-0.15, -0.1) is 6.58 Å². The summed E-state index contributed by atoms with van der Waals surface area (Å²) in [4.78, 5) is 2.15. The first-order valence-electron chi connectivity index (χ1n) is 7.19. The van der Waals surface area contributed by atoms with E-state index in [4.69, 9.17) is 0 Å². The summed E-state index contributed by atoms with van der Waals surface area (Å²) < 4.78 is 0. The number of benzene rings is 1. The van der Waals surface area contributed by atoms with E-state index in [0.717, 1.165) is 25.8 Å². The van der Waals surface area contributed by atoms with Crippen LogP contribution >= 0.6 is 0 Å². The summed E-state index contributed by atoms with van der Waals surface area (Å²) in [6, 6.07) is 9.23. The molecule has 1 aromatic carbocycles. The molecule has 0 aromatic heterocycles. The Hall–Kier alpha value is -1.28. The van der Waals surface area contributed by atoms with Crippen molar-refractivity contribution in [2.45, 2.75) is 39.2 Å². The van der Waals surface area contributed by atoms with Crippen LogP contribution in [0.25, 0.3) is 0 Å². The molecule has 0 heterocycles. The summed E-state index contributed by atoms with van der Waals surface area (Å²) in [7, 11) is 4.17. The van der Waals surface area contributed by atoms with Crippen molar-refractivity contribution in [1.29, 1.82) is 0 Å². The SMILES string of the molecule is C=C(C)CCC(NCCC)c1cccc(N(C)C)c1. The third kappa shape index (κ3) is 5.48. The average molecular weight is 260 g/mol. The minimum atomic E-state index is 0.427. The molecule has 0 amide bonds. The minimum absolute atomic E-state index is 0.427. The third-order valence-corrected chi connectivity index (χ3v) is 3.29. The topological polar surface area (TPSA) is 15.3 Å². The number of hydrogen-bond acceptors (Lipinski definition) is 2. The van der Waals surface area contributed by atoms with Gasteiger partial charge in [0.2, 0.25) is 0 Å². The van der Waals surface area contributed by atoms with Crippen molar-refractivity contribution >= 4 is 5.69 Å². The minimum Gasteiger partial charge on any atom is -0.378 e. The number of hydrogen-bond donors (Lipinski definition) is 1.